The molecule has 2 amide bonds. The second-order valence-electron chi connectivity index (χ2n) is 5.34. The van der Waals surface area contributed by atoms with Gasteiger partial charge in [-0.15, -0.1) is 0 Å². The van der Waals surface area contributed by atoms with Crippen LogP contribution in [0.25, 0.3) is 0 Å². The molecule has 1 aliphatic rings. The van der Waals surface area contributed by atoms with Crippen molar-refractivity contribution in [3.8, 4) is 0 Å². The molecule has 0 saturated carbocycles. The third-order valence-corrected chi connectivity index (χ3v) is 3.74. The average Bonchev–Trinajstić information content (AvgIpc) is 2.58. The number of hydrogen-bond donors (Lipinski definition) is 0. The lowest BCUT2D eigenvalue weighted by molar-refractivity contribution is -0.138. The number of amides is 2. The Morgan fingerprint density at radius 3 is 2.38 bits per heavy atom. The minimum absolute atomic E-state index is 0.0378. The lowest BCUT2D eigenvalue weighted by atomic mass is 10.1. The van der Waals surface area contributed by atoms with Gasteiger partial charge >= 0.3 is 0 Å². The predicted octanol–water partition coefficient (Wildman–Crippen LogP) is 0.912. The molecule has 1 heterocycles. The number of carbonyl (C=O) groups excluding carboxylic acids is 2. The number of nitrogens with zero attached hydrogens (tertiary/aromatic N) is 2. The van der Waals surface area contributed by atoms with Gasteiger partial charge < -0.3 is 19.3 Å². The van der Waals surface area contributed by atoms with Crippen LogP contribution in [0.5, 0.6) is 0 Å². The van der Waals surface area contributed by atoms with Gasteiger partial charge in [-0.3, -0.25) is 9.59 Å². The lowest BCUT2D eigenvalue weighted by Gasteiger charge is -2.34. The van der Waals surface area contributed by atoms with Crippen molar-refractivity contribution in [2.75, 3.05) is 53.1 Å². The zero-order chi connectivity index (χ0) is 17.5. The number of carbonyl (C=O) groups is 2. The molecular formula is C16H20F2N2O4. The molecule has 0 aromatic heterocycles. The molecule has 0 unspecified atom stereocenters. The van der Waals surface area contributed by atoms with Crippen LogP contribution in [0.4, 0.5) is 8.78 Å². The zero-order valence-electron chi connectivity index (χ0n) is 13.5. The fraction of sp³-hybridized carbons (Fsp3) is 0.500. The van der Waals surface area contributed by atoms with Crippen molar-refractivity contribution < 1.29 is 27.8 Å². The van der Waals surface area contributed by atoms with Gasteiger partial charge in [-0.05, 0) is 12.1 Å². The number of ether oxygens (including phenoxy) is 2. The van der Waals surface area contributed by atoms with Crippen LogP contribution in [0.15, 0.2) is 18.2 Å². The molecule has 24 heavy (non-hydrogen) atoms. The quantitative estimate of drug-likeness (QED) is 0.721. The van der Waals surface area contributed by atoms with Gasteiger partial charge in [0.05, 0.1) is 18.8 Å². The summed E-state index contributed by atoms with van der Waals surface area (Å²) in [5.74, 6) is -2.28. The maximum Gasteiger partial charge on any atom is 0.256 e. The van der Waals surface area contributed by atoms with E-state index in [0.29, 0.717) is 45.5 Å². The van der Waals surface area contributed by atoms with E-state index in [4.69, 9.17) is 9.47 Å². The third kappa shape index (κ3) is 4.72. The molecule has 0 atom stereocenters. The lowest BCUT2D eigenvalue weighted by Crippen LogP contribution is -2.51. The molecule has 1 aromatic carbocycles. The highest BCUT2D eigenvalue weighted by atomic mass is 19.1. The molecule has 132 valence electrons. The van der Waals surface area contributed by atoms with Gasteiger partial charge in [-0.2, -0.15) is 0 Å². The Bertz CT molecular complexity index is 589. The molecule has 1 aromatic rings. The summed E-state index contributed by atoms with van der Waals surface area (Å²) in [5.41, 5.74) is -0.168. The van der Waals surface area contributed by atoms with Crippen molar-refractivity contribution in [1.29, 1.82) is 0 Å². The monoisotopic (exact) mass is 342 g/mol. The van der Waals surface area contributed by atoms with E-state index in [1.165, 1.54) is 4.90 Å². The van der Waals surface area contributed by atoms with Gasteiger partial charge in [-0.1, -0.05) is 0 Å². The molecule has 0 N–H and O–H groups in total. The van der Waals surface area contributed by atoms with Crippen molar-refractivity contribution >= 4 is 11.8 Å². The second-order valence-corrected chi connectivity index (χ2v) is 5.34. The van der Waals surface area contributed by atoms with E-state index in [1.54, 1.807) is 12.0 Å². The highest BCUT2D eigenvalue weighted by molar-refractivity contribution is 5.94. The van der Waals surface area contributed by atoms with Crippen LogP contribution in [0.2, 0.25) is 0 Å². The molecule has 1 saturated heterocycles. The Morgan fingerprint density at radius 2 is 1.75 bits per heavy atom. The summed E-state index contributed by atoms with van der Waals surface area (Å²) in [6.45, 7) is 1.99. The van der Waals surface area contributed by atoms with Crippen LogP contribution in [0.3, 0.4) is 0 Å². The van der Waals surface area contributed by atoms with Gasteiger partial charge in [-0.25, -0.2) is 8.78 Å². The molecule has 0 bridgehead atoms. The van der Waals surface area contributed by atoms with Crippen molar-refractivity contribution in [1.82, 2.24) is 9.80 Å². The SMILES string of the molecule is COCCOCC(=O)N1CCN(C(=O)c2ccc(F)cc2F)CC1. The summed E-state index contributed by atoms with van der Waals surface area (Å²) in [7, 11) is 1.55. The van der Waals surface area contributed by atoms with E-state index < -0.39 is 17.5 Å². The van der Waals surface area contributed by atoms with Gasteiger partial charge in [0.15, 0.2) is 0 Å². The number of benzene rings is 1. The molecule has 1 fully saturated rings. The Kier molecular flexibility index (Phi) is 6.62. The maximum atomic E-state index is 13.7. The van der Waals surface area contributed by atoms with Crippen LogP contribution >= 0.6 is 0 Å². The standard InChI is InChI=1S/C16H20F2N2O4/c1-23-8-9-24-11-15(21)19-4-6-20(7-5-19)16(22)13-3-2-12(17)10-14(13)18/h2-3,10H,4-9,11H2,1H3. The van der Waals surface area contributed by atoms with E-state index in [-0.39, 0.29) is 18.1 Å². The molecule has 6 nitrogen and oxygen atoms in total. The third-order valence-electron chi connectivity index (χ3n) is 3.74. The first-order valence-corrected chi connectivity index (χ1v) is 7.61. The molecule has 0 spiro atoms. The molecule has 0 radical (unpaired) electrons. The zero-order valence-corrected chi connectivity index (χ0v) is 13.5. The molecule has 8 heteroatoms. The van der Waals surface area contributed by atoms with Crippen LogP contribution in [-0.2, 0) is 14.3 Å². The van der Waals surface area contributed by atoms with E-state index in [9.17, 15) is 18.4 Å². The minimum Gasteiger partial charge on any atom is -0.382 e. The highest BCUT2D eigenvalue weighted by Crippen LogP contribution is 2.14. The van der Waals surface area contributed by atoms with Crippen LogP contribution in [0.1, 0.15) is 10.4 Å². The minimum atomic E-state index is -0.884. The van der Waals surface area contributed by atoms with E-state index in [0.717, 1.165) is 12.1 Å². The van der Waals surface area contributed by atoms with Crippen LogP contribution in [0, 0.1) is 11.6 Å². The average molecular weight is 342 g/mol. The van der Waals surface area contributed by atoms with Crippen LogP contribution < -0.4 is 0 Å². The van der Waals surface area contributed by atoms with Crippen molar-refractivity contribution in [2.45, 2.75) is 0 Å². The Hall–Kier alpha value is -2.06. The first kappa shape index (κ1) is 18.3. The van der Waals surface area contributed by atoms with Gasteiger partial charge in [0.25, 0.3) is 5.91 Å². The number of halogens is 2. The van der Waals surface area contributed by atoms with E-state index in [1.807, 2.05) is 0 Å². The van der Waals surface area contributed by atoms with E-state index >= 15 is 0 Å². The normalized spacial score (nSPS) is 14.8. The first-order valence-electron chi connectivity index (χ1n) is 7.61. The molecule has 0 aliphatic carbocycles. The van der Waals surface area contributed by atoms with Gasteiger partial charge in [0, 0.05) is 39.4 Å². The number of piperazine rings is 1. The molecule has 1 aliphatic heterocycles. The largest absolute Gasteiger partial charge is 0.382 e. The Labute approximate surface area is 138 Å². The van der Waals surface area contributed by atoms with Crippen molar-refractivity contribution in [3.63, 3.8) is 0 Å². The fourth-order valence-corrected chi connectivity index (χ4v) is 2.39. The van der Waals surface area contributed by atoms with Crippen molar-refractivity contribution in [2.24, 2.45) is 0 Å². The first-order chi connectivity index (χ1) is 11.5. The summed E-state index contributed by atoms with van der Waals surface area (Å²) in [4.78, 5) is 27.3. The highest BCUT2D eigenvalue weighted by Gasteiger charge is 2.26. The number of hydrogen-bond acceptors (Lipinski definition) is 4. The molecular weight excluding hydrogens is 322 g/mol. The summed E-state index contributed by atoms with van der Waals surface area (Å²) in [5, 5.41) is 0. The van der Waals surface area contributed by atoms with Crippen LogP contribution in [-0.4, -0.2) is 74.7 Å². The summed E-state index contributed by atoms with van der Waals surface area (Å²) < 4.78 is 36.6. The smallest absolute Gasteiger partial charge is 0.256 e. The molecule has 2 rings (SSSR count). The Morgan fingerprint density at radius 1 is 1.08 bits per heavy atom. The van der Waals surface area contributed by atoms with Gasteiger partial charge in [0.2, 0.25) is 5.91 Å². The summed E-state index contributed by atoms with van der Waals surface area (Å²) >= 11 is 0. The second kappa shape index (κ2) is 8.70. The topological polar surface area (TPSA) is 59.1 Å². The summed E-state index contributed by atoms with van der Waals surface area (Å²) in [6, 6.07) is 2.87. The van der Waals surface area contributed by atoms with Crippen molar-refractivity contribution in [3.05, 3.63) is 35.4 Å². The Balaban J connectivity index is 1.83. The summed E-state index contributed by atoms with van der Waals surface area (Å²) in [6.07, 6.45) is 0. The maximum absolute atomic E-state index is 13.7. The number of methoxy groups -OCH3 is 1. The predicted molar refractivity (Wildman–Crippen MR) is 81.5 cm³/mol. The van der Waals surface area contributed by atoms with Gasteiger partial charge in [0.1, 0.15) is 18.2 Å². The number of rotatable bonds is 6. The fourth-order valence-electron chi connectivity index (χ4n) is 2.39. The van der Waals surface area contributed by atoms with E-state index in [2.05, 4.69) is 0 Å².